The van der Waals surface area contributed by atoms with Gasteiger partial charge < -0.3 is 14.5 Å². The van der Waals surface area contributed by atoms with Crippen LogP contribution < -0.4 is 15.3 Å². The summed E-state index contributed by atoms with van der Waals surface area (Å²) in [5.41, 5.74) is 0.180. The van der Waals surface area contributed by atoms with Gasteiger partial charge in [0.2, 0.25) is 5.91 Å². The molecule has 0 unspecified atom stereocenters. The molecule has 1 amide bonds. The normalized spacial score (nSPS) is 20.3. The summed E-state index contributed by atoms with van der Waals surface area (Å²) in [6, 6.07) is 5.82. The van der Waals surface area contributed by atoms with Crippen LogP contribution in [0.4, 0.5) is 14.6 Å². The van der Waals surface area contributed by atoms with Crippen molar-refractivity contribution in [3.05, 3.63) is 82.5 Å². The lowest BCUT2D eigenvalue weighted by Crippen LogP contribution is -2.58. The number of aromatic nitrogens is 4. The summed E-state index contributed by atoms with van der Waals surface area (Å²) in [5, 5.41) is 4.98. The average Bonchev–Trinajstić information content (AvgIpc) is 3.45. The van der Waals surface area contributed by atoms with Crippen molar-refractivity contribution in [2.45, 2.75) is 38.5 Å². The lowest BCUT2D eigenvalue weighted by atomic mass is 9.99. The molecule has 0 spiro atoms. The van der Waals surface area contributed by atoms with E-state index in [9.17, 15) is 14.0 Å². The maximum atomic E-state index is 15.1. The highest BCUT2D eigenvalue weighted by Crippen LogP contribution is 2.47. The van der Waals surface area contributed by atoms with E-state index in [2.05, 4.69) is 16.7 Å². The first-order valence-electron chi connectivity index (χ1n) is 13.2. The van der Waals surface area contributed by atoms with E-state index in [4.69, 9.17) is 16.3 Å². The maximum Gasteiger partial charge on any atom is 0.350 e. The lowest BCUT2D eigenvalue weighted by Gasteiger charge is -2.45. The molecule has 41 heavy (non-hydrogen) atoms. The molecule has 0 bridgehead atoms. The van der Waals surface area contributed by atoms with Gasteiger partial charge in [0.15, 0.2) is 5.75 Å². The number of carbonyl (C=O) groups excluding carboxylic acids is 1. The van der Waals surface area contributed by atoms with Gasteiger partial charge in [-0.2, -0.15) is 10.1 Å². The topological polar surface area (TPSA) is 85.5 Å². The minimum absolute atomic E-state index is 0.0507. The molecule has 9 nitrogen and oxygen atoms in total. The summed E-state index contributed by atoms with van der Waals surface area (Å²) < 4.78 is 38.3. The van der Waals surface area contributed by atoms with Gasteiger partial charge in [0, 0.05) is 60.1 Å². The Morgan fingerprint density at radius 3 is 2.73 bits per heavy atom. The molecule has 0 N–H and O–H groups in total. The van der Waals surface area contributed by atoms with Gasteiger partial charge in [-0.15, -0.1) is 0 Å². The first kappa shape index (κ1) is 26.9. The molecule has 1 saturated heterocycles. The third-order valence-electron chi connectivity index (χ3n) is 7.75. The van der Waals surface area contributed by atoms with Crippen molar-refractivity contribution in [1.82, 2.24) is 24.2 Å². The SMILES string of the molecule is C=CC(=O)N1C[C@H](C)N(c2nc(=O)n3c4c(c(-c5ccc(F)cc5F)c(Cl)cc24)OC[C@@H]3Cn2cccn2)C[C@H]1C. The highest BCUT2D eigenvalue weighted by molar-refractivity contribution is 6.35. The molecule has 12 heteroatoms. The molecule has 6 rings (SSSR count). The summed E-state index contributed by atoms with van der Waals surface area (Å²) in [6.45, 7) is 8.69. The number of ether oxygens (including phenoxy) is 1. The van der Waals surface area contributed by atoms with Crippen LogP contribution in [-0.2, 0) is 11.3 Å². The monoisotopic (exact) mass is 580 g/mol. The number of halogens is 3. The number of rotatable bonds is 5. The maximum absolute atomic E-state index is 15.1. The number of amides is 1. The Balaban J connectivity index is 1.58. The zero-order valence-corrected chi connectivity index (χ0v) is 23.2. The van der Waals surface area contributed by atoms with Crippen molar-refractivity contribution in [3.8, 4) is 16.9 Å². The number of nitrogens with zero attached hydrogens (tertiary/aromatic N) is 6. The molecule has 2 aliphatic heterocycles. The second-order valence-corrected chi connectivity index (χ2v) is 10.8. The predicted octanol–water partition coefficient (Wildman–Crippen LogP) is 4.44. The molecule has 2 aliphatic rings. The van der Waals surface area contributed by atoms with Crippen LogP contribution in [0.5, 0.6) is 5.75 Å². The van der Waals surface area contributed by atoms with Crippen molar-refractivity contribution >= 4 is 34.2 Å². The van der Waals surface area contributed by atoms with Crippen LogP contribution in [0.15, 0.2) is 60.2 Å². The van der Waals surface area contributed by atoms with Gasteiger partial charge in [-0.3, -0.25) is 14.0 Å². The Labute approximate surface area is 239 Å². The van der Waals surface area contributed by atoms with Gasteiger partial charge in [-0.25, -0.2) is 13.6 Å². The molecule has 2 aromatic carbocycles. The standard InChI is InChI=1S/C29H27ClF2N6O3/c1-4-24(39)36-12-17(3)37(13-16(36)2)28-21-11-22(30)25(20-7-6-18(31)10-23(20)32)27-26(21)38(29(40)34-28)19(15-41-27)14-35-9-5-8-33-35/h4-11,16-17,19H,1,12-15H2,2-3H3/t16-,17+,19+/m1/s1. The van der Waals surface area contributed by atoms with Crippen molar-refractivity contribution in [2.75, 3.05) is 24.6 Å². The number of anilines is 1. The van der Waals surface area contributed by atoms with E-state index in [0.29, 0.717) is 36.4 Å². The zero-order valence-electron chi connectivity index (χ0n) is 22.4. The Bertz CT molecular complexity index is 1740. The van der Waals surface area contributed by atoms with Crippen LogP contribution >= 0.6 is 11.6 Å². The van der Waals surface area contributed by atoms with Gasteiger partial charge in [0.05, 0.1) is 23.1 Å². The van der Waals surface area contributed by atoms with Crippen molar-refractivity contribution in [2.24, 2.45) is 0 Å². The minimum atomic E-state index is -0.807. The molecule has 3 atom stereocenters. The Morgan fingerprint density at radius 1 is 1.22 bits per heavy atom. The average molecular weight is 581 g/mol. The summed E-state index contributed by atoms with van der Waals surface area (Å²) in [4.78, 5) is 34.5. The van der Waals surface area contributed by atoms with Crippen molar-refractivity contribution < 1.29 is 18.3 Å². The highest BCUT2D eigenvalue weighted by Gasteiger charge is 2.36. The van der Waals surface area contributed by atoms with E-state index in [0.717, 1.165) is 12.1 Å². The first-order valence-corrected chi connectivity index (χ1v) is 13.6. The fraction of sp³-hybridized carbons (Fsp3) is 0.310. The van der Waals surface area contributed by atoms with Gasteiger partial charge in [-0.1, -0.05) is 18.2 Å². The Hall–Kier alpha value is -4.25. The third-order valence-corrected chi connectivity index (χ3v) is 8.05. The number of hydrogen-bond acceptors (Lipinski definition) is 6. The molecule has 2 aromatic heterocycles. The van der Waals surface area contributed by atoms with E-state index < -0.39 is 23.4 Å². The fourth-order valence-electron chi connectivity index (χ4n) is 5.83. The molecule has 0 radical (unpaired) electrons. The minimum Gasteiger partial charge on any atom is -0.488 e. The number of piperazine rings is 1. The molecule has 1 fully saturated rings. The van der Waals surface area contributed by atoms with Crippen LogP contribution in [0.2, 0.25) is 5.02 Å². The van der Waals surface area contributed by atoms with E-state index in [1.807, 2.05) is 18.7 Å². The van der Waals surface area contributed by atoms with Gasteiger partial charge in [-0.05, 0) is 44.2 Å². The van der Waals surface area contributed by atoms with Gasteiger partial charge in [0.1, 0.15) is 24.1 Å². The molecular formula is C29H27ClF2N6O3. The largest absolute Gasteiger partial charge is 0.488 e. The number of benzene rings is 2. The van der Waals surface area contributed by atoms with Crippen LogP contribution in [0, 0.1) is 11.6 Å². The summed E-state index contributed by atoms with van der Waals surface area (Å²) in [7, 11) is 0. The molecule has 4 aromatic rings. The van der Waals surface area contributed by atoms with E-state index in [1.54, 1.807) is 38.7 Å². The second kappa shape index (κ2) is 10.3. The molecule has 0 saturated carbocycles. The molecule has 4 heterocycles. The first-order chi connectivity index (χ1) is 19.7. The lowest BCUT2D eigenvalue weighted by molar-refractivity contribution is -0.128. The molecular weight excluding hydrogens is 554 g/mol. The number of hydrogen-bond donors (Lipinski definition) is 0. The van der Waals surface area contributed by atoms with E-state index >= 15 is 4.39 Å². The summed E-state index contributed by atoms with van der Waals surface area (Å²) in [5.74, 6) is -1.09. The predicted molar refractivity (Wildman–Crippen MR) is 151 cm³/mol. The molecule has 0 aliphatic carbocycles. The van der Waals surface area contributed by atoms with Crippen LogP contribution in [0.3, 0.4) is 0 Å². The van der Waals surface area contributed by atoms with E-state index in [-0.39, 0.29) is 46.5 Å². The summed E-state index contributed by atoms with van der Waals surface area (Å²) in [6.07, 6.45) is 4.72. The van der Waals surface area contributed by atoms with Crippen LogP contribution in [0.25, 0.3) is 22.0 Å². The van der Waals surface area contributed by atoms with Crippen molar-refractivity contribution in [1.29, 1.82) is 0 Å². The second-order valence-electron chi connectivity index (χ2n) is 10.4. The fourth-order valence-corrected chi connectivity index (χ4v) is 6.12. The highest BCUT2D eigenvalue weighted by atomic mass is 35.5. The molecule has 212 valence electrons. The van der Waals surface area contributed by atoms with Gasteiger partial charge in [0.25, 0.3) is 0 Å². The third kappa shape index (κ3) is 4.54. The quantitative estimate of drug-likeness (QED) is 0.325. The van der Waals surface area contributed by atoms with Crippen molar-refractivity contribution in [3.63, 3.8) is 0 Å². The Morgan fingerprint density at radius 2 is 2.02 bits per heavy atom. The van der Waals surface area contributed by atoms with Crippen LogP contribution in [0.1, 0.15) is 19.9 Å². The Kier molecular flexibility index (Phi) is 6.77. The zero-order chi connectivity index (χ0) is 29.0. The van der Waals surface area contributed by atoms with Gasteiger partial charge >= 0.3 is 5.69 Å². The van der Waals surface area contributed by atoms with Crippen LogP contribution in [-0.4, -0.2) is 61.9 Å². The summed E-state index contributed by atoms with van der Waals surface area (Å²) >= 11 is 6.81. The van der Waals surface area contributed by atoms with E-state index in [1.165, 1.54) is 12.1 Å². The smallest absolute Gasteiger partial charge is 0.350 e. The number of carbonyl (C=O) groups is 1.